The normalized spacial score (nSPS) is 11.7. The Bertz CT molecular complexity index is 241. The second kappa shape index (κ2) is 4.39. The Morgan fingerprint density at radius 3 is 2.33 bits per heavy atom. The van der Waals surface area contributed by atoms with Gasteiger partial charge in [0.25, 0.3) is 5.62 Å². The second-order valence-electron chi connectivity index (χ2n) is 2.02. The predicted molar refractivity (Wildman–Crippen MR) is 38.1 cm³/mol. The van der Waals surface area contributed by atoms with Crippen LogP contribution in [-0.4, -0.2) is 30.2 Å². The highest BCUT2D eigenvalue weighted by atomic mass is 32.2. The van der Waals surface area contributed by atoms with Crippen molar-refractivity contribution in [3.8, 4) is 0 Å². The lowest BCUT2D eigenvalue weighted by atomic mass is 10.4. The smallest absolute Gasteiger partial charge is 0.353 e. The highest BCUT2D eigenvalue weighted by Gasteiger charge is 2.24. The van der Waals surface area contributed by atoms with Crippen LogP contribution in [0.4, 0.5) is 0 Å². The molecule has 0 aliphatic rings. The minimum Gasteiger partial charge on any atom is -0.353 e. The molecule has 0 radical (unpaired) electrons. The first kappa shape index (κ1) is 11.3. The van der Waals surface area contributed by atoms with Crippen LogP contribution in [0.15, 0.2) is 0 Å². The van der Waals surface area contributed by atoms with Crippen molar-refractivity contribution in [2.75, 3.05) is 0 Å². The molecule has 6 nitrogen and oxygen atoms in total. The first-order valence-corrected chi connectivity index (χ1v) is 4.69. The lowest BCUT2D eigenvalue weighted by Gasteiger charge is -2.05. The second-order valence-corrected chi connectivity index (χ2v) is 3.60. The van der Waals surface area contributed by atoms with Crippen molar-refractivity contribution in [3.05, 3.63) is 0 Å². The van der Waals surface area contributed by atoms with Gasteiger partial charge in [0.2, 0.25) is 0 Å². The summed E-state index contributed by atoms with van der Waals surface area (Å²) in [7, 11) is -4.56. The molecule has 0 aromatic heterocycles. The van der Waals surface area contributed by atoms with E-state index in [4.69, 9.17) is 10.2 Å². The van der Waals surface area contributed by atoms with Crippen LogP contribution in [0, 0.1) is 0 Å². The molecule has 0 atom stereocenters. The fraction of sp³-hybridized carbons (Fsp3) is 0.800. The van der Waals surface area contributed by atoms with Crippen molar-refractivity contribution >= 4 is 16.1 Å². The third-order valence-electron chi connectivity index (χ3n) is 0.921. The molecular formula is C5H10O6S. The largest absolute Gasteiger partial charge is 0.365 e. The number of carbonyl (C=O) groups is 1. The molecule has 0 unspecified atom stereocenters. The van der Waals surface area contributed by atoms with Crippen LogP contribution in [-0.2, 0) is 19.1 Å². The van der Waals surface area contributed by atoms with Crippen molar-refractivity contribution in [1.82, 2.24) is 0 Å². The van der Waals surface area contributed by atoms with Gasteiger partial charge in [-0.2, -0.15) is 8.42 Å². The maximum atomic E-state index is 10.5. The molecule has 72 valence electrons. The van der Waals surface area contributed by atoms with Gasteiger partial charge in [0.1, 0.15) is 0 Å². The van der Waals surface area contributed by atoms with E-state index < -0.39 is 21.7 Å². The Balaban J connectivity index is 4.17. The number of hydrogen-bond donors (Lipinski definition) is 2. The van der Waals surface area contributed by atoms with E-state index in [0.717, 1.165) is 0 Å². The highest BCUT2D eigenvalue weighted by molar-refractivity contribution is 7.87. The van der Waals surface area contributed by atoms with Crippen molar-refractivity contribution in [1.29, 1.82) is 0 Å². The van der Waals surface area contributed by atoms with Gasteiger partial charge >= 0.3 is 16.1 Å². The van der Waals surface area contributed by atoms with Crippen molar-refractivity contribution in [3.63, 3.8) is 0 Å². The Morgan fingerprint density at radius 2 is 2.00 bits per heavy atom. The van der Waals surface area contributed by atoms with Crippen LogP contribution in [0.25, 0.3) is 0 Å². The topological polar surface area (TPSA) is 101 Å². The van der Waals surface area contributed by atoms with Crippen LogP contribution in [0.2, 0.25) is 0 Å². The minimum absolute atomic E-state index is 0.0774. The van der Waals surface area contributed by atoms with E-state index in [9.17, 15) is 13.2 Å². The maximum Gasteiger partial charge on any atom is 0.365 e. The molecule has 0 aromatic carbocycles. The Hall–Kier alpha value is -0.660. The van der Waals surface area contributed by atoms with Gasteiger partial charge in [0, 0.05) is 6.42 Å². The standard InChI is InChI=1S/C5H10O6S/c1-2-3-4(6)11-12(9,10)5(7)8/h5,7-8H,2-3H2,1H3. The summed E-state index contributed by atoms with van der Waals surface area (Å²) in [6.07, 6.45) is 0.349. The van der Waals surface area contributed by atoms with E-state index >= 15 is 0 Å². The molecule has 0 spiro atoms. The summed E-state index contributed by atoms with van der Waals surface area (Å²) in [6, 6.07) is 0. The molecule has 12 heavy (non-hydrogen) atoms. The fourth-order valence-corrected chi connectivity index (χ4v) is 0.847. The summed E-state index contributed by atoms with van der Waals surface area (Å²) >= 11 is 0. The van der Waals surface area contributed by atoms with Crippen molar-refractivity contribution in [2.45, 2.75) is 25.4 Å². The molecule has 0 saturated carbocycles. The van der Waals surface area contributed by atoms with E-state index in [0.29, 0.717) is 6.42 Å². The highest BCUT2D eigenvalue weighted by Crippen LogP contribution is 2.01. The Kier molecular flexibility index (Phi) is 4.15. The van der Waals surface area contributed by atoms with E-state index in [-0.39, 0.29) is 6.42 Å². The van der Waals surface area contributed by atoms with Crippen LogP contribution in [0.3, 0.4) is 0 Å². The number of hydrogen-bond acceptors (Lipinski definition) is 6. The SMILES string of the molecule is CCCC(=O)OS(=O)(=O)C(O)O. The van der Waals surface area contributed by atoms with Crippen LogP contribution >= 0.6 is 0 Å². The molecule has 0 fully saturated rings. The van der Waals surface area contributed by atoms with Crippen LogP contribution in [0.5, 0.6) is 0 Å². The molecule has 0 aliphatic heterocycles. The average molecular weight is 198 g/mol. The summed E-state index contributed by atoms with van der Waals surface area (Å²) in [5.41, 5.74) is -2.67. The van der Waals surface area contributed by atoms with Gasteiger partial charge in [0.15, 0.2) is 0 Å². The van der Waals surface area contributed by atoms with Gasteiger partial charge in [-0.05, 0) is 6.42 Å². The summed E-state index contributed by atoms with van der Waals surface area (Å²) in [5, 5.41) is 16.4. The van der Waals surface area contributed by atoms with E-state index in [1.165, 1.54) is 0 Å². The molecular weight excluding hydrogens is 188 g/mol. The molecule has 0 saturated heterocycles. The molecule has 0 aliphatic carbocycles. The number of carbonyl (C=O) groups excluding carboxylic acids is 1. The molecule has 0 aromatic rings. The van der Waals surface area contributed by atoms with Crippen molar-refractivity contribution in [2.24, 2.45) is 0 Å². The Labute approximate surface area is 69.9 Å². The summed E-state index contributed by atoms with van der Waals surface area (Å²) in [4.78, 5) is 10.5. The van der Waals surface area contributed by atoms with E-state index in [1.54, 1.807) is 6.92 Å². The zero-order chi connectivity index (χ0) is 9.78. The third-order valence-corrected chi connectivity index (χ3v) is 1.86. The lowest BCUT2D eigenvalue weighted by Crippen LogP contribution is -2.25. The maximum absolute atomic E-state index is 10.5. The summed E-state index contributed by atoms with van der Waals surface area (Å²) < 4.78 is 24.7. The first-order chi connectivity index (χ1) is 5.40. The average Bonchev–Trinajstić information content (AvgIpc) is 1.85. The first-order valence-electron chi connectivity index (χ1n) is 3.22. The van der Waals surface area contributed by atoms with Crippen LogP contribution in [0.1, 0.15) is 19.8 Å². The minimum atomic E-state index is -4.56. The summed E-state index contributed by atoms with van der Waals surface area (Å²) in [5.74, 6) is -0.995. The molecule has 0 rings (SSSR count). The fourth-order valence-electron chi connectivity index (χ4n) is 0.418. The monoisotopic (exact) mass is 198 g/mol. The quantitative estimate of drug-likeness (QED) is 0.440. The molecule has 7 heteroatoms. The van der Waals surface area contributed by atoms with E-state index in [2.05, 4.69) is 4.18 Å². The van der Waals surface area contributed by atoms with Gasteiger partial charge < -0.3 is 14.4 Å². The van der Waals surface area contributed by atoms with Gasteiger partial charge in [0.05, 0.1) is 0 Å². The lowest BCUT2D eigenvalue weighted by molar-refractivity contribution is -0.134. The Morgan fingerprint density at radius 1 is 1.50 bits per heavy atom. The molecule has 0 bridgehead atoms. The zero-order valence-corrected chi connectivity index (χ0v) is 7.24. The van der Waals surface area contributed by atoms with Crippen LogP contribution < -0.4 is 0 Å². The number of rotatable bonds is 4. The molecule has 0 heterocycles. The van der Waals surface area contributed by atoms with Crippen molar-refractivity contribution < 1.29 is 27.6 Å². The summed E-state index contributed by atoms with van der Waals surface area (Å²) in [6.45, 7) is 1.66. The molecule has 0 amide bonds. The van der Waals surface area contributed by atoms with Gasteiger partial charge in [-0.3, -0.25) is 4.79 Å². The van der Waals surface area contributed by atoms with Gasteiger partial charge in [-0.25, -0.2) is 0 Å². The number of aliphatic hydroxyl groups excluding tert-OH is 1. The third kappa shape index (κ3) is 3.65. The predicted octanol–water partition coefficient (Wildman–Crippen LogP) is -1.07. The number of aliphatic hydroxyl groups is 2. The molecule has 2 N–H and O–H groups in total. The zero-order valence-electron chi connectivity index (χ0n) is 6.43. The van der Waals surface area contributed by atoms with E-state index in [1.807, 2.05) is 0 Å². The van der Waals surface area contributed by atoms with Gasteiger partial charge in [-0.1, -0.05) is 6.92 Å². The van der Waals surface area contributed by atoms with Gasteiger partial charge in [-0.15, -0.1) is 0 Å².